The van der Waals surface area contributed by atoms with Crippen molar-refractivity contribution in [1.29, 1.82) is 0 Å². The highest BCUT2D eigenvalue weighted by Gasteiger charge is 1.98. The predicted molar refractivity (Wildman–Crippen MR) is 72.8 cm³/mol. The van der Waals surface area contributed by atoms with E-state index in [0.717, 1.165) is 11.3 Å². The number of nitrogens with zero attached hydrogens (tertiary/aromatic N) is 3. The number of hydrogen-bond donors (Lipinski definition) is 0. The zero-order chi connectivity index (χ0) is 11.1. The normalized spacial score (nSPS) is 8.73. The Morgan fingerprint density at radius 3 is 3.00 bits per heavy atom. The summed E-state index contributed by atoms with van der Waals surface area (Å²) in [5.74, 6) is 2.96. The van der Waals surface area contributed by atoms with Crippen LogP contribution >= 0.6 is 30.1 Å². The SMILES string of the molecule is CC.ISC#Cc1cnc2cccnn12. The van der Waals surface area contributed by atoms with Gasteiger partial charge in [-0.3, -0.25) is 0 Å². The van der Waals surface area contributed by atoms with Crippen molar-refractivity contribution in [2.45, 2.75) is 13.8 Å². The predicted octanol–water partition coefficient (Wildman–Crippen LogP) is 3.15. The van der Waals surface area contributed by atoms with Gasteiger partial charge in [0.15, 0.2) is 5.65 Å². The molecule has 0 fully saturated rings. The Bertz CT molecular complexity index is 484. The van der Waals surface area contributed by atoms with Crippen molar-refractivity contribution < 1.29 is 0 Å². The molecule has 0 aliphatic heterocycles. The van der Waals surface area contributed by atoms with Crippen LogP contribution in [0.1, 0.15) is 19.5 Å². The molecule has 0 saturated heterocycles. The van der Waals surface area contributed by atoms with Crippen molar-refractivity contribution in [1.82, 2.24) is 14.6 Å². The van der Waals surface area contributed by atoms with Crippen molar-refractivity contribution in [3.05, 3.63) is 30.2 Å². The average Bonchev–Trinajstić information content (AvgIpc) is 2.72. The van der Waals surface area contributed by atoms with Gasteiger partial charge >= 0.3 is 0 Å². The summed E-state index contributed by atoms with van der Waals surface area (Å²) in [5.41, 5.74) is 1.64. The van der Waals surface area contributed by atoms with Gasteiger partial charge in [-0.1, -0.05) is 13.8 Å². The number of hydrogen-bond acceptors (Lipinski definition) is 3. The summed E-state index contributed by atoms with van der Waals surface area (Å²) in [6.07, 6.45) is 3.44. The lowest BCUT2D eigenvalue weighted by molar-refractivity contribution is 0.923. The topological polar surface area (TPSA) is 30.2 Å². The lowest BCUT2D eigenvalue weighted by Crippen LogP contribution is -1.91. The molecular formula is C10H10IN3S. The highest BCUT2D eigenvalue weighted by atomic mass is 127. The van der Waals surface area contributed by atoms with E-state index in [2.05, 4.69) is 42.5 Å². The Labute approximate surface area is 105 Å². The first-order valence-corrected chi connectivity index (χ1v) is 7.85. The third-order valence-corrected chi connectivity index (χ3v) is 2.34. The Hall–Kier alpha value is -0.740. The second-order valence-corrected chi connectivity index (χ2v) is 3.92. The Morgan fingerprint density at radius 1 is 1.47 bits per heavy atom. The summed E-state index contributed by atoms with van der Waals surface area (Å²) in [6, 6.07) is 3.75. The number of halogens is 1. The van der Waals surface area contributed by atoms with Crippen LogP contribution in [0.4, 0.5) is 0 Å². The van der Waals surface area contributed by atoms with Gasteiger partial charge in [-0.2, -0.15) is 5.10 Å². The van der Waals surface area contributed by atoms with Gasteiger partial charge in [-0.25, -0.2) is 9.50 Å². The lowest BCUT2D eigenvalue weighted by Gasteiger charge is -1.90. The smallest absolute Gasteiger partial charge is 0.154 e. The average molecular weight is 331 g/mol. The van der Waals surface area contributed by atoms with E-state index < -0.39 is 0 Å². The van der Waals surface area contributed by atoms with Crippen LogP contribution < -0.4 is 0 Å². The van der Waals surface area contributed by atoms with E-state index in [4.69, 9.17) is 0 Å². The molecule has 0 radical (unpaired) electrons. The standard InChI is InChI=1S/C8H4IN3S.C2H6/c9-13-5-3-7-6-10-8-2-1-4-11-12(7)8;1-2/h1-2,4,6H;1-2H3. The van der Waals surface area contributed by atoms with Crippen molar-refractivity contribution in [2.24, 2.45) is 0 Å². The van der Waals surface area contributed by atoms with Crippen molar-refractivity contribution in [2.75, 3.05) is 0 Å². The van der Waals surface area contributed by atoms with Gasteiger partial charge in [0.05, 0.1) is 6.20 Å². The highest BCUT2D eigenvalue weighted by molar-refractivity contribution is 14.2. The molecule has 3 nitrogen and oxygen atoms in total. The maximum absolute atomic E-state index is 4.16. The van der Waals surface area contributed by atoms with Crippen LogP contribution in [0.25, 0.3) is 5.65 Å². The molecule has 5 heteroatoms. The Morgan fingerprint density at radius 2 is 2.27 bits per heavy atom. The summed E-state index contributed by atoms with van der Waals surface area (Å²) < 4.78 is 1.72. The van der Waals surface area contributed by atoms with Gasteiger partial charge in [0.25, 0.3) is 0 Å². The summed E-state index contributed by atoms with van der Waals surface area (Å²) in [7, 11) is 1.45. The van der Waals surface area contributed by atoms with Crippen LogP contribution in [0.3, 0.4) is 0 Å². The van der Waals surface area contributed by atoms with E-state index in [1.165, 1.54) is 8.93 Å². The quantitative estimate of drug-likeness (QED) is 0.549. The first-order valence-electron chi connectivity index (χ1n) is 4.49. The van der Waals surface area contributed by atoms with E-state index in [9.17, 15) is 0 Å². The third-order valence-electron chi connectivity index (χ3n) is 1.50. The third kappa shape index (κ3) is 3.11. The molecule has 0 bridgehead atoms. The second-order valence-electron chi connectivity index (χ2n) is 2.24. The fourth-order valence-electron chi connectivity index (χ4n) is 0.986. The number of imidazole rings is 1. The van der Waals surface area contributed by atoms with E-state index >= 15 is 0 Å². The van der Waals surface area contributed by atoms with Crippen LogP contribution in [0.5, 0.6) is 0 Å². The number of aromatic nitrogens is 3. The van der Waals surface area contributed by atoms with E-state index in [1.54, 1.807) is 16.9 Å². The molecule has 0 aliphatic rings. The zero-order valence-electron chi connectivity index (χ0n) is 8.44. The van der Waals surface area contributed by atoms with Gasteiger partial charge in [0.2, 0.25) is 0 Å². The molecule has 0 atom stereocenters. The maximum atomic E-state index is 4.16. The number of fused-ring (bicyclic) bond motifs is 1. The van der Waals surface area contributed by atoms with Gasteiger partial charge in [0.1, 0.15) is 5.69 Å². The maximum Gasteiger partial charge on any atom is 0.154 e. The van der Waals surface area contributed by atoms with E-state index in [0.29, 0.717) is 0 Å². The molecule has 0 spiro atoms. The minimum absolute atomic E-state index is 0.819. The molecule has 78 valence electrons. The lowest BCUT2D eigenvalue weighted by atomic mass is 10.5. The van der Waals surface area contributed by atoms with Gasteiger partial charge in [-0.15, -0.1) is 0 Å². The molecule has 2 aromatic heterocycles. The molecule has 2 rings (SSSR count). The van der Waals surface area contributed by atoms with Crippen molar-refractivity contribution in [3.63, 3.8) is 0 Å². The van der Waals surface area contributed by atoms with E-state index in [-0.39, 0.29) is 0 Å². The second kappa shape index (κ2) is 6.69. The van der Waals surface area contributed by atoms with Crippen LogP contribution in [-0.2, 0) is 0 Å². The largest absolute Gasteiger partial charge is 0.234 e. The molecule has 2 aromatic rings. The van der Waals surface area contributed by atoms with Crippen molar-refractivity contribution in [3.8, 4) is 11.2 Å². The first-order chi connectivity index (χ1) is 7.42. The Balaban J connectivity index is 0.000000531. The first kappa shape index (κ1) is 12.3. The number of rotatable bonds is 0. The molecule has 15 heavy (non-hydrogen) atoms. The summed E-state index contributed by atoms with van der Waals surface area (Å²) >= 11 is 2.13. The van der Waals surface area contributed by atoms with Crippen LogP contribution in [-0.4, -0.2) is 14.6 Å². The minimum atomic E-state index is 0.819. The fourth-order valence-corrected chi connectivity index (χ4v) is 1.46. The van der Waals surface area contributed by atoms with Gasteiger partial charge < -0.3 is 0 Å². The summed E-state index contributed by atoms with van der Waals surface area (Å²) in [4.78, 5) is 4.16. The van der Waals surface area contributed by atoms with Gasteiger partial charge in [0, 0.05) is 27.4 Å². The monoisotopic (exact) mass is 331 g/mol. The highest BCUT2D eigenvalue weighted by Crippen LogP contribution is 2.08. The molecule has 0 aliphatic carbocycles. The Kier molecular flexibility index (Phi) is 5.50. The van der Waals surface area contributed by atoms with E-state index in [1.807, 2.05) is 26.0 Å². The van der Waals surface area contributed by atoms with Crippen molar-refractivity contribution >= 4 is 35.8 Å². The summed E-state index contributed by atoms with van der Waals surface area (Å²) in [6.45, 7) is 4.00. The molecule has 2 heterocycles. The van der Waals surface area contributed by atoms with Crippen LogP contribution in [0.2, 0.25) is 0 Å². The van der Waals surface area contributed by atoms with Crippen LogP contribution in [0.15, 0.2) is 24.5 Å². The van der Waals surface area contributed by atoms with Gasteiger partial charge in [-0.05, 0) is 32.2 Å². The molecule has 0 amide bonds. The minimum Gasteiger partial charge on any atom is -0.234 e. The zero-order valence-corrected chi connectivity index (χ0v) is 11.4. The molecular weight excluding hydrogens is 321 g/mol. The summed E-state index contributed by atoms with van der Waals surface area (Å²) in [5, 5.41) is 7.03. The van der Waals surface area contributed by atoms with Crippen LogP contribution in [0, 0.1) is 11.2 Å². The molecule has 0 saturated carbocycles. The molecule has 0 N–H and O–H groups in total. The molecule has 0 unspecified atom stereocenters. The fraction of sp³-hybridized carbons (Fsp3) is 0.200. The molecule has 0 aromatic carbocycles.